The van der Waals surface area contributed by atoms with Crippen molar-refractivity contribution in [2.24, 2.45) is 5.92 Å². The molecule has 3 heterocycles. The van der Waals surface area contributed by atoms with Gasteiger partial charge in [0.1, 0.15) is 11.4 Å². The fourth-order valence-corrected chi connectivity index (χ4v) is 8.59. The zero-order valence-corrected chi connectivity index (χ0v) is 38.4. The summed E-state index contributed by atoms with van der Waals surface area (Å²) in [4.78, 5) is 45.6. The Morgan fingerprint density at radius 3 is 2.38 bits per heavy atom. The highest BCUT2D eigenvalue weighted by molar-refractivity contribution is 6.36. The van der Waals surface area contributed by atoms with Gasteiger partial charge < -0.3 is 25.4 Å². The Morgan fingerprint density at radius 2 is 1.77 bits per heavy atom. The van der Waals surface area contributed by atoms with Crippen molar-refractivity contribution in [3.8, 4) is 28.3 Å². The number of nitrogens with zero attached hydrogens (tertiary/aromatic N) is 3. The van der Waals surface area contributed by atoms with Crippen molar-refractivity contribution in [1.29, 1.82) is 0 Å². The first kappa shape index (κ1) is 48.0. The molecule has 0 spiro atoms. The number of β-amino-alcohol motifs (C(OH)–C–C–N with tert-alkyl or cyclic N) is 1. The molecule has 1 saturated heterocycles. The van der Waals surface area contributed by atoms with Gasteiger partial charge in [-0.15, -0.1) is 0 Å². The van der Waals surface area contributed by atoms with Crippen LogP contribution in [0.1, 0.15) is 135 Å². The molecule has 326 valence electrons. The molecule has 3 amide bonds. The van der Waals surface area contributed by atoms with E-state index in [1.165, 1.54) is 35.1 Å². The number of carbonyl (C=O) groups is 3. The summed E-state index contributed by atoms with van der Waals surface area (Å²) in [5.41, 5.74) is 7.31. The number of ether oxygens (including phenoxy) is 1. The Morgan fingerprint density at radius 1 is 1.08 bits per heavy atom. The molecule has 60 heavy (non-hydrogen) atoms. The summed E-state index contributed by atoms with van der Waals surface area (Å²) in [6, 6.07) is 13.8. The van der Waals surface area contributed by atoms with Crippen molar-refractivity contribution in [1.82, 2.24) is 20.1 Å². The number of aliphatic hydroxyl groups excluding tert-OH is 1. The molecule has 1 aliphatic carbocycles. The SMILES string of the molecule is C=C1N(CCO)C=C(C(=O)Nc2cccc(-c3cccc(-c4cc5c(c(OC)n4)C(C)CC5)c3Cl)c2C(C)CC)C(=O)N1C.CC.CCC(C)CCC1(CC)CCC(=O)N1. The number of nitrogens with one attached hydrogen (secondary N) is 2. The third-order valence-corrected chi connectivity index (χ3v) is 12.9. The van der Waals surface area contributed by atoms with E-state index >= 15 is 0 Å². The van der Waals surface area contributed by atoms with Crippen LogP contribution in [0.25, 0.3) is 22.4 Å². The Labute approximate surface area is 363 Å². The predicted molar refractivity (Wildman–Crippen MR) is 245 cm³/mol. The minimum absolute atomic E-state index is 0.0418. The molecule has 0 radical (unpaired) electrons. The van der Waals surface area contributed by atoms with Crippen LogP contribution in [0.2, 0.25) is 5.02 Å². The molecule has 4 unspecified atom stereocenters. The largest absolute Gasteiger partial charge is 0.481 e. The van der Waals surface area contributed by atoms with Crippen molar-refractivity contribution in [2.75, 3.05) is 32.6 Å². The molecule has 2 aliphatic heterocycles. The average Bonchev–Trinajstić information content (AvgIpc) is 3.84. The summed E-state index contributed by atoms with van der Waals surface area (Å²) >= 11 is 7.19. The summed E-state index contributed by atoms with van der Waals surface area (Å²) in [7, 11) is 3.21. The number of anilines is 1. The Bertz CT molecular complexity index is 2050. The van der Waals surface area contributed by atoms with Gasteiger partial charge in [0.05, 0.1) is 24.4 Å². The fourth-order valence-electron chi connectivity index (χ4n) is 8.26. The Balaban J connectivity index is 0.000000419. The molecule has 3 aromatic rings. The second-order valence-corrected chi connectivity index (χ2v) is 16.6. The van der Waals surface area contributed by atoms with E-state index in [0.717, 1.165) is 78.8 Å². The molecule has 1 fully saturated rings. The van der Waals surface area contributed by atoms with E-state index in [1.54, 1.807) is 19.1 Å². The monoisotopic (exact) mass is 841 g/mol. The standard InChI is InChI=1S/C35H39ClN4O4.C12H23NO.C2H6/c1-7-20(2)31-24(10-9-13-28(31)37-33(42)27-19-40(16-17-41)22(4)39(5)35(27)43)25-11-8-12-26(32(25)36)29-18-23-15-14-21(3)30(23)34(38-29)44-6;1-4-10(3)6-8-12(5-2)9-7-11(14)13-12;1-2/h8-13,18-21,41H,4,7,14-17H2,1-3,5-6H3,(H,37,42);10H,4-9H2,1-3H3,(H,13,14);1-2H3. The lowest BCUT2D eigenvalue weighted by atomic mass is 9.85. The number of hydrogen-bond acceptors (Lipinski definition) is 7. The highest BCUT2D eigenvalue weighted by atomic mass is 35.5. The van der Waals surface area contributed by atoms with Gasteiger partial charge in [-0.3, -0.25) is 19.3 Å². The number of amides is 3. The van der Waals surface area contributed by atoms with Gasteiger partial charge >= 0.3 is 0 Å². The van der Waals surface area contributed by atoms with E-state index in [4.69, 9.17) is 21.3 Å². The van der Waals surface area contributed by atoms with Gasteiger partial charge in [0.2, 0.25) is 11.8 Å². The topological polar surface area (TPSA) is 124 Å². The number of aromatic nitrogens is 1. The Kier molecular flexibility index (Phi) is 17.4. The smallest absolute Gasteiger partial charge is 0.266 e. The van der Waals surface area contributed by atoms with E-state index in [1.807, 2.05) is 50.2 Å². The first-order valence-electron chi connectivity index (χ1n) is 21.9. The van der Waals surface area contributed by atoms with Crippen LogP contribution in [-0.4, -0.2) is 70.5 Å². The van der Waals surface area contributed by atoms with Crippen LogP contribution in [0.3, 0.4) is 0 Å². The van der Waals surface area contributed by atoms with E-state index < -0.39 is 11.8 Å². The van der Waals surface area contributed by atoms with Crippen LogP contribution in [0.15, 0.2) is 66.6 Å². The molecule has 10 nitrogen and oxygen atoms in total. The van der Waals surface area contributed by atoms with Crippen molar-refractivity contribution in [3.05, 3.63) is 88.4 Å². The normalized spacial score (nSPS) is 19.3. The number of halogens is 1. The minimum Gasteiger partial charge on any atom is -0.481 e. The number of methoxy groups -OCH3 is 1. The van der Waals surface area contributed by atoms with E-state index in [-0.39, 0.29) is 36.1 Å². The summed E-state index contributed by atoms with van der Waals surface area (Å²) in [6.07, 6.45) is 10.8. The maximum atomic E-state index is 13.6. The molecule has 6 rings (SSSR count). The lowest BCUT2D eigenvalue weighted by Gasteiger charge is -2.34. The summed E-state index contributed by atoms with van der Waals surface area (Å²) < 4.78 is 5.71. The summed E-state index contributed by atoms with van der Waals surface area (Å²) in [6.45, 7) is 21.1. The molecule has 3 aliphatic rings. The van der Waals surface area contributed by atoms with Crippen LogP contribution < -0.4 is 15.4 Å². The van der Waals surface area contributed by atoms with Gasteiger partial charge in [0.15, 0.2) is 0 Å². The van der Waals surface area contributed by atoms with Gasteiger partial charge in [-0.2, -0.15) is 0 Å². The van der Waals surface area contributed by atoms with Crippen LogP contribution in [0, 0.1) is 5.92 Å². The molecular formula is C49H68ClN5O5. The zero-order chi connectivity index (χ0) is 44.3. The second kappa shape index (κ2) is 21.7. The number of aryl methyl sites for hydroxylation is 1. The molecule has 4 atom stereocenters. The third-order valence-electron chi connectivity index (χ3n) is 12.5. The van der Waals surface area contributed by atoms with Crippen LogP contribution in [-0.2, 0) is 20.8 Å². The van der Waals surface area contributed by atoms with E-state index in [0.29, 0.717) is 28.3 Å². The predicted octanol–water partition coefficient (Wildman–Crippen LogP) is 10.6. The molecule has 1 aromatic heterocycles. The molecular weight excluding hydrogens is 774 g/mol. The van der Waals surface area contributed by atoms with Gasteiger partial charge in [-0.05, 0) is 91.5 Å². The zero-order valence-electron chi connectivity index (χ0n) is 37.6. The number of pyridine rings is 1. The van der Waals surface area contributed by atoms with Crippen LogP contribution >= 0.6 is 11.6 Å². The van der Waals surface area contributed by atoms with Crippen molar-refractivity contribution >= 4 is 35.0 Å². The Hall–Kier alpha value is -4.67. The first-order valence-corrected chi connectivity index (χ1v) is 22.3. The fraction of sp³-hybridized carbons (Fsp3) is 0.510. The quantitative estimate of drug-likeness (QED) is 0.138. The number of hydrogen-bond donors (Lipinski definition) is 3. The summed E-state index contributed by atoms with van der Waals surface area (Å²) in [5.74, 6) is 1.52. The minimum atomic E-state index is -0.539. The average molecular weight is 843 g/mol. The summed E-state index contributed by atoms with van der Waals surface area (Å²) in [5, 5.41) is 16.2. The number of fused-ring (bicyclic) bond motifs is 1. The highest BCUT2D eigenvalue weighted by Crippen LogP contribution is 2.45. The van der Waals surface area contributed by atoms with Gasteiger partial charge in [0.25, 0.3) is 11.8 Å². The molecule has 0 bridgehead atoms. The molecule has 2 aromatic carbocycles. The highest BCUT2D eigenvalue weighted by Gasteiger charge is 2.36. The van der Waals surface area contributed by atoms with Gasteiger partial charge in [0, 0.05) is 54.1 Å². The molecule has 0 saturated carbocycles. The van der Waals surface area contributed by atoms with Gasteiger partial charge in [-0.25, -0.2) is 4.98 Å². The number of benzene rings is 2. The van der Waals surface area contributed by atoms with E-state index in [2.05, 4.69) is 64.8 Å². The number of rotatable bonds is 14. The van der Waals surface area contributed by atoms with Crippen molar-refractivity contribution < 1.29 is 24.2 Å². The maximum Gasteiger partial charge on any atom is 0.266 e. The molecule has 11 heteroatoms. The number of likely N-dealkylation sites (N-methyl/N-ethyl adjacent to an activating group) is 1. The third kappa shape index (κ3) is 10.6. The molecule has 3 N–H and O–H groups in total. The van der Waals surface area contributed by atoms with E-state index in [9.17, 15) is 19.5 Å². The van der Waals surface area contributed by atoms with Crippen LogP contribution in [0.4, 0.5) is 5.69 Å². The lowest BCUT2D eigenvalue weighted by Crippen LogP contribution is -2.43. The number of aliphatic hydroxyl groups is 1. The second-order valence-electron chi connectivity index (χ2n) is 16.2. The van der Waals surface area contributed by atoms with Crippen LogP contribution in [0.5, 0.6) is 5.88 Å². The van der Waals surface area contributed by atoms with Crippen molar-refractivity contribution in [3.63, 3.8) is 0 Å². The van der Waals surface area contributed by atoms with Gasteiger partial charge in [-0.1, -0.05) is 110 Å². The number of carbonyl (C=O) groups excluding carboxylic acids is 3. The lowest BCUT2D eigenvalue weighted by molar-refractivity contribution is -0.128. The first-order chi connectivity index (χ1) is 28.7. The maximum absolute atomic E-state index is 13.6. The van der Waals surface area contributed by atoms with Crippen molar-refractivity contribution in [2.45, 2.75) is 131 Å².